The van der Waals surface area contributed by atoms with E-state index in [-0.39, 0.29) is 5.54 Å². The number of rotatable bonds is 5. The molecular weight excluding hydrogens is 356 g/mol. The second-order valence-electron chi connectivity index (χ2n) is 2.48. The molecule has 0 radical (unpaired) electrons. The minimum Gasteiger partial charge on any atom is -0.314 e. The number of nitrogens with one attached hydrogen (secondary N) is 1. The molecule has 0 amide bonds. The molecule has 1 unspecified atom stereocenters. The van der Waals surface area contributed by atoms with Crippen LogP contribution < -0.4 is 5.32 Å². The van der Waals surface area contributed by atoms with Crippen LogP contribution in [0.2, 0.25) is 0 Å². The number of hydrogen-bond acceptors (Lipinski definition) is 2. The monoisotopic (exact) mass is 369 g/mol. The van der Waals surface area contributed by atoms with Gasteiger partial charge in [0.15, 0.2) is 0 Å². The second kappa shape index (κ2) is 5.96. The van der Waals surface area contributed by atoms with Gasteiger partial charge in [-0.2, -0.15) is 0 Å². The molecule has 0 fully saturated rings. The lowest BCUT2D eigenvalue weighted by atomic mass is 10.1. The quantitative estimate of drug-likeness (QED) is 0.593. The summed E-state index contributed by atoms with van der Waals surface area (Å²) in [6.07, 6.45) is 0. The van der Waals surface area contributed by atoms with Crippen molar-refractivity contribution in [3.05, 3.63) is 0 Å². The van der Waals surface area contributed by atoms with Gasteiger partial charge in [0.05, 0.1) is 6.61 Å². The van der Waals surface area contributed by atoms with Gasteiger partial charge in [0.2, 0.25) is 0 Å². The largest absolute Gasteiger partial charge is 0.314 e. The van der Waals surface area contributed by atoms with E-state index in [1.807, 2.05) is 23.0 Å². The first kappa shape index (κ1) is 11.4. The third kappa shape index (κ3) is 4.30. The van der Waals surface area contributed by atoms with Gasteiger partial charge < -0.3 is 8.38 Å². The van der Waals surface area contributed by atoms with Crippen molar-refractivity contribution in [1.29, 1.82) is 0 Å². The van der Waals surface area contributed by atoms with Gasteiger partial charge in [0.1, 0.15) is 23.0 Å². The summed E-state index contributed by atoms with van der Waals surface area (Å²) in [5.41, 5.74) is 0.149. The summed E-state index contributed by atoms with van der Waals surface area (Å²) in [5.74, 6) is 0. The lowest BCUT2D eigenvalue weighted by molar-refractivity contribution is 0.273. The van der Waals surface area contributed by atoms with Crippen molar-refractivity contribution in [3.8, 4) is 0 Å². The zero-order valence-electron chi connectivity index (χ0n) is 6.29. The first-order valence-electron chi connectivity index (χ1n) is 3.23. The Labute approximate surface area is 90.3 Å². The van der Waals surface area contributed by atoms with E-state index in [9.17, 15) is 0 Å². The topological polar surface area (TPSA) is 21.3 Å². The first-order valence-corrected chi connectivity index (χ1v) is 5.63. The number of halogens is 2. The lowest BCUT2D eigenvalue weighted by Crippen LogP contribution is -2.47. The van der Waals surface area contributed by atoms with E-state index in [4.69, 9.17) is 3.07 Å². The predicted molar refractivity (Wildman–Crippen MR) is 60.9 cm³/mol. The van der Waals surface area contributed by atoms with Gasteiger partial charge in [-0.1, -0.05) is 29.5 Å². The molecule has 0 rings (SSSR count). The molecule has 0 aliphatic carbocycles. The summed E-state index contributed by atoms with van der Waals surface area (Å²) in [6.45, 7) is 6.04. The van der Waals surface area contributed by atoms with Crippen molar-refractivity contribution < 1.29 is 3.07 Å². The molecule has 2 nitrogen and oxygen atoms in total. The summed E-state index contributed by atoms with van der Waals surface area (Å²) in [6, 6.07) is 0. The minimum absolute atomic E-state index is 0.149. The normalized spacial score (nSPS) is 16.8. The van der Waals surface area contributed by atoms with Gasteiger partial charge in [-0.25, -0.2) is 0 Å². The molecule has 10 heavy (non-hydrogen) atoms. The molecule has 0 aromatic rings. The molecule has 0 bridgehead atoms. The van der Waals surface area contributed by atoms with Crippen LogP contribution in [0.5, 0.6) is 0 Å². The highest BCUT2D eigenvalue weighted by Crippen LogP contribution is 2.09. The van der Waals surface area contributed by atoms with Crippen molar-refractivity contribution >= 4 is 45.6 Å². The lowest BCUT2D eigenvalue weighted by Gasteiger charge is -2.26. The molecular formula is C6H13I2NO. The van der Waals surface area contributed by atoms with Crippen LogP contribution in [0.1, 0.15) is 13.8 Å². The van der Waals surface area contributed by atoms with Crippen LogP contribution >= 0.6 is 45.6 Å². The SMILES string of the molecule is CCNC(C)(CI)COI. The van der Waals surface area contributed by atoms with Crippen molar-refractivity contribution in [3.63, 3.8) is 0 Å². The van der Waals surface area contributed by atoms with Crippen LogP contribution in [0.3, 0.4) is 0 Å². The van der Waals surface area contributed by atoms with Crippen LogP contribution in [0.4, 0.5) is 0 Å². The van der Waals surface area contributed by atoms with Gasteiger partial charge >= 0.3 is 0 Å². The zero-order chi connectivity index (χ0) is 8.04. The Morgan fingerprint density at radius 3 is 2.50 bits per heavy atom. The number of alkyl halides is 1. The van der Waals surface area contributed by atoms with Crippen molar-refractivity contribution in [2.24, 2.45) is 0 Å². The Morgan fingerprint density at radius 1 is 1.60 bits per heavy atom. The number of likely N-dealkylation sites (N-methyl/N-ethyl adjacent to an activating group) is 1. The molecule has 0 saturated carbocycles. The van der Waals surface area contributed by atoms with Gasteiger partial charge in [0, 0.05) is 9.97 Å². The molecule has 4 heteroatoms. The van der Waals surface area contributed by atoms with Gasteiger partial charge in [0.25, 0.3) is 0 Å². The second-order valence-corrected chi connectivity index (χ2v) is 3.86. The standard InChI is InChI=1S/C6H13I2NO/c1-3-9-6(2,4-7)5-10-8/h9H,3-5H2,1-2H3. The van der Waals surface area contributed by atoms with Gasteiger partial charge in [-0.05, 0) is 13.5 Å². The van der Waals surface area contributed by atoms with Crippen LogP contribution in [0.15, 0.2) is 0 Å². The molecule has 0 aromatic heterocycles. The van der Waals surface area contributed by atoms with Crippen LogP contribution in [0.25, 0.3) is 0 Å². The Kier molecular flexibility index (Phi) is 6.78. The average molecular weight is 369 g/mol. The predicted octanol–water partition coefficient (Wildman–Crippen LogP) is 2.16. The van der Waals surface area contributed by atoms with Crippen LogP contribution in [0, 0.1) is 0 Å². The van der Waals surface area contributed by atoms with Crippen molar-refractivity contribution in [2.45, 2.75) is 19.4 Å². The maximum atomic E-state index is 5.05. The van der Waals surface area contributed by atoms with E-state index in [2.05, 4.69) is 41.8 Å². The maximum Gasteiger partial charge on any atom is 0.109 e. The average Bonchev–Trinajstić information content (AvgIpc) is 1.89. The summed E-state index contributed by atoms with van der Waals surface area (Å²) >= 11 is 4.30. The van der Waals surface area contributed by atoms with Gasteiger partial charge in [-0.15, -0.1) is 0 Å². The fourth-order valence-corrected chi connectivity index (χ4v) is 1.86. The maximum absolute atomic E-state index is 5.05. The van der Waals surface area contributed by atoms with E-state index < -0.39 is 0 Å². The van der Waals surface area contributed by atoms with E-state index in [1.54, 1.807) is 0 Å². The zero-order valence-corrected chi connectivity index (χ0v) is 10.6. The van der Waals surface area contributed by atoms with Crippen molar-refractivity contribution in [1.82, 2.24) is 5.32 Å². The minimum atomic E-state index is 0.149. The summed E-state index contributed by atoms with van der Waals surface area (Å²) in [4.78, 5) is 0. The number of hydrogen-bond donors (Lipinski definition) is 1. The summed E-state index contributed by atoms with van der Waals surface area (Å²) < 4.78 is 6.12. The highest BCUT2D eigenvalue weighted by molar-refractivity contribution is 14.1. The molecule has 0 saturated heterocycles. The molecule has 0 heterocycles. The van der Waals surface area contributed by atoms with E-state index in [1.165, 1.54) is 0 Å². The molecule has 1 atom stereocenters. The fourth-order valence-electron chi connectivity index (χ4n) is 0.684. The Morgan fingerprint density at radius 2 is 2.20 bits per heavy atom. The summed E-state index contributed by atoms with van der Waals surface area (Å²) in [7, 11) is 0. The first-order chi connectivity index (χ1) is 4.68. The smallest absolute Gasteiger partial charge is 0.109 e. The molecule has 0 spiro atoms. The molecule has 1 N–H and O–H groups in total. The van der Waals surface area contributed by atoms with Gasteiger partial charge in [-0.3, -0.25) is 0 Å². The highest BCUT2D eigenvalue weighted by atomic mass is 127. The third-order valence-electron chi connectivity index (χ3n) is 1.27. The van der Waals surface area contributed by atoms with E-state index >= 15 is 0 Å². The molecule has 0 aliphatic heterocycles. The van der Waals surface area contributed by atoms with E-state index in [0.717, 1.165) is 17.6 Å². The van der Waals surface area contributed by atoms with Crippen LogP contribution in [-0.4, -0.2) is 23.1 Å². The summed E-state index contributed by atoms with van der Waals surface area (Å²) in [5, 5.41) is 3.37. The molecule has 62 valence electrons. The Balaban J connectivity index is 3.69. The van der Waals surface area contributed by atoms with E-state index in [0.29, 0.717) is 0 Å². The molecule has 0 aliphatic rings. The van der Waals surface area contributed by atoms with Crippen molar-refractivity contribution in [2.75, 3.05) is 17.6 Å². The Bertz CT molecular complexity index is 83.8. The highest BCUT2D eigenvalue weighted by Gasteiger charge is 2.20. The third-order valence-corrected chi connectivity index (χ3v) is 3.27. The fraction of sp³-hybridized carbons (Fsp3) is 1.00. The van der Waals surface area contributed by atoms with Crippen LogP contribution in [-0.2, 0) is 3.07 Å². The Hall–Kier alpha value is 1.38. The molecule has 0 aromatic carbocycles.